The lowest BCUT2D eigenvalue weighted by Gasteiger charge is -2.23. The van der Waals surface area contributed by atoms with Crippen LogP contribution in [-0.2, 0) is 11.3 Å². The number of methoxy groups -OCH3 is 1. The second-order valence-corrected chi connectivity index (χ2v) is 5.95. The largest absolute Gasteiger partial charge is 0.495 e. The first-order chi connectivity index (χ1) is 11.4. The highest BCUT2D eigenvalue weighted by Gasteiger charge is 2.18. The summed E-state index contributed by atoms with van der Waals surface area (Å²) in [6.45, 7) is 2.11. The number of amides is 1. The number of halogens is 2. The Morgan fingerprint density at radius 3 is 2.71 bits per heavy atom. The summed E-state index contributed by atoms with van der Waals surface area (Å²) in [5, 5.41) is 3.57. The van der Waals surface area contributed by atoms with Crippen molar-refractivity contribution >= 4 is 23.2 Å². The van der Waals surface area contributed by atoms with Crippen LogP contribution in [-0.4, -0.2) is 31.0 Å². The average molecular weight is 351 g/mol. The second-order valence-electron chi connectivity index (χ2n) is 5.54. The molecule has 0 fully saturated rings. The van der Waals surface area contributed by atoms with E-state index in [1.165, 1.54) is 12.1 Å². The van der Waals surface area contributed by atoms with E-state index in [0.717, 1.165) is 11.3 Å². The predicted molar refractivity (Wildman–Crippen MR) is 94.0 cm³/mol. The zero-order valence-corrected chi connectivity index (χ0v) is 14.6. The quantitative estimate of drug-likeness (QED) is 0.857. The second kappa shape index (κ2) is 8.02. The maximum Gasteiger partial charge on any atom is 0.244 e. The lowest BCUT2D eigenvalue weighted by atomic mass is 10.2. The van der Waals surface area contributed by atoms with Gasteiger partial charge >= 0.3 is 0 Å². The van der Waals surface area contributed by atoms with E-state index in [2.05, 4.69) is 5.32 Å². The molecule has 0 aromatic heterocycles. The van der Waals surface area contributed by atoms with E-state index in [1.54, 1.807) is 56.3 Å². The summed E-state index contributed by atoms with van der Waals surface area (Å²) >= 11 is 6.08. The smallest absolute Gasteiger partial charge is 0.244 e. The van der Waals surface area contributed by atoms with E-state index < -0.39 is 6.04 Å². The van der Waals surface area contributed by atoms with Gasteiger partial charge in [-0.2, -0.15) is 0 Å². The van der Waals surface area contributed by atoms with Gasteiger partial charge in [0.1, 0.15) is 17.6 Å². The van der Waals surface area contributed by atoms with Crippen LogP contribution in [0.3, 0.4) is 0 Å². The van der Waals surface area contributed by atoms with Gasteiger partial charge in [-0.1, -0.05) is 23.7 Å². The number of carbonyl (C=O) groups excluding carboxylic acids is 1. The van der Waals surface area contributed by atoms with Crippen LogP contribution in [0.2, 0.25) is 5.02 Å². The molecule has 0 aliphatic heterocycles. The fourth-order valence-electron chi connectivity index (χ4n) is 2.39. The molecule has 6 heteroatoms. The maximum atomic E-state index is 13.2. The Morgan fingerprint density at radius 2 is 2.08 bits per heavy atom. The minimum absolute atomic E-state index is 0.105. The Bertz CT molecular complexity index is 724. The maximum absolute atomic E-state index is 13.2. The first-order valence-electron chi connectivity index (χ1n) is 7.50. The van der Waals surface area contributed by atoms with E-state index >= 15 is 0 Å². The van der Waals surface area contributed by atoms with Gasteiger partial charge in [-0.3, -0.25) is 4.79 Å². The number of hydrogen-bond donors (Lipinski definition) is 1. The first-order valence-corrected chi connectivity index (χ1v) is 7.88. The molecular weight excluding hydrogens is 331 g/mol. The van der Waals surface area contributed by atoms with Crippen molar-refractivity contribution in [2.24, 2.45) is 0 Å². The summed E-state index contributed by atoms with van der Waals surface area (Å²) in [5.41, 5.74) is 1.46. The molecule has 0 bridgehead atoms. The van der Waals surface area contributed by atoms with Gasteiger partial charge in [-0.25, -0.2) is 4.39 Å². The highest BCUT2D eigenvalue weighted by Crippen LogP contribution is 2.27. The third kappa shape index (κ3) is 4.61. The number of anilines is 1. The molecule has 2 aromatic carbocycles. The number of nitrogens with one attached hydrogen (secondary N) is 1. The first kappa shape index (κ1) is 18.1. The van der Waals surface area contributed by atoms with Gasteiger partial charge in [0.15, 0.2) is 0 Å². The summed E-state index contributed by atoms with van der Waals surface area (Å²) in [5.74, 6) is 0.156. The van der Waals surface area contributed by atoms with Crippen molar-refractivity contribution in [1.29, 1.82) is 0 Å². The third-order valence-electron chi connectivity index (χ3n) is 3.59. The highest BCUT2D eigenvalue weighted by atomic mass is 35.5. The lowest BCUT2D eigenvalue weighted by molar-refractivity contribution is -0.130. The Kier molecular flexibility index (Phi) is 6.04. The molecule has 0 saturated heterocycles. The molecule has 1 N–H and O–H groups in total. The Morgan fingerprint density at radius 1 is 1.33 bits per heavy atom. The van der Waals surface area contributed by atoms with Crippen LogP contribution in [0.1, 0.15) is 12.5 Å². The van der Waals surface area contributed by atoms with Crippen molar-refractivity contribution < 1.29 is 13.9 Å². The molecule has 0 spiro atoms. The summed E-state index contributed by atoms with van der Waals surface area (Å²) in [7, 11) is 3.23. The topological polar surface area (TPSA) is 41.6 Å². The molecule has 0 radical (unpaired) electrons. The Hall–Kier alpha value is -2.27. The van der Waals surface area contributed by atoms with E-state index in [1.807, 2.05) is 0 Å². The van der Waals surface area contributed by atoms with Crippen LogP contribution < -0.4 is 10.1 Å². The zero-order valence-electron chi connectivity index (χ0n) is 13.8. The molecule has 128 valence electrons. The fraction of sp³-hybridized carbons (Fsp3) is 0.278. The van der Waals surface area contributed by atoms with E-state index in [0.29, 0.717) is 17.3 Å². The van der Waals surface area contributed by atoms with Crippen LogP contribution in [0.5, 0.6) is 5.75 Å². The van der Waals surface area contributed by atoms with Gasteiger partial charge in [0, 0.05) is 19.3 Å². The van der Waals surface area contributed by atoms with E-state index in [-0.39, 0.29) is 11.7 Å². The van der Waals surface area contributed by atoms with Gasteiger partial charge in [-0.15, -0.1) is 0 Å². The van der Waals surface area contributed by atoms with Crippen molar-refractivity contribution in [3.05, 3.63) is 58.9 Å². The third-order valence-corrected chi connectivity index (χ3v) is 3.89. The molecule has 1 atom stereocenters. The Labute approximate surface area is 146 Å². The average Bonchev–Trinajstić information content (AvgIpc) is 2.54. The van der Waals surface area contributed by atoms with Crippen LogP contribution in [0, 0.1) is 5.82 Å². The summed E-state index contributed by atoms with van der Waals surface area (Å²) in [6, 6.07) is 11.0. The molecule has 1 amide bonds. The molecule has 0 aliphatic rings. The fourth-order valence-corrected chi connectivity index (χ4v) is 2.64. The van der Waals surface area contributed by atoms with Crippen LogP contribution in [0.25, 0.3) is 0 Å². The van der Waals surface area contributed by atoms with Crippen LogP contribution in [0.15, 0.2) is 42.5 Å². The minimum atomic E-state index is -0.451. The van der Waals surface area contributed by atoms with Crippen LogP contribution in [0.4, 0.5) is 10.1 Å². The van der Waals surface area contributed by atoms with Crippen molar-refractivity contribution in [1.82, 2.24) is 4.90 Å². The number of hydrogen-bond acceptors (Lipinski definition) is 3. The van der Waals surface area contributed by atoms with Gasteiger partial charge in [-0.05, 0) is 42.8 Å². The zero-order chi connectivity index (χ0) is 17.7. The number of ether oxygens (including phenoxy) is 1. The van der Waals surface area contributed by atoms with Crippen molar-refractivity contribution in [2.45, 2.75) is 19.5 Å². The highest BCUT2D eigenvalue weighted by molar-refractivity contribution is 6.32. The number of benzene rings is 2. The standard InChI is InChI=1S/C18H20ClFN2O2/c1-12(21-15-7-8-17(24-3)16(19)10-15)18(23)22(2)11-13-5-4-6-14(20)9-13/h4-10,12,21H,11H2,1-3H3. The number of likely N-dealkylation sites (N-methyl/N-ethyl adjacent to an activating group) is 1. The summed E-state index contributed by atoms with van der Waals surface area (Å²) < 4.78 is 18.3. The van der Waals surface area contributed by atoms with Gasteiger partial charge in [0.05, 0.1) is 12.1 Å². The Balaban J connectivity index is 1.99. The van der Waals surface area contributed by atoms with Gasteiger partial charge in [0.25, 0.3) is 0 Å². The lowest BCUT2D eigenvalue weighted by Crippen LogP contribution is -2.38. The minimum Gasteiger partial charge on any atom is -0.495 e. The number of nitrogens with zero attached hydrogens (tertiary/aromatic N) is 1. The predicted octanol–water partition coefficient (Wildman–Crippen LogP) is 3.95. The molecule has 24 heavy (non-hydrogen) atoms. The van der Waals surface area contributed by atoms with E-state index in [4.69, 9.17) is 16.3 Å². The SMILES string of the molecule is COc1ccc(NC(C)C(=O)N(C)Cc2cccc(F)c2)cc1Cl. The van der Waals surface area contributed by atoms with Gasteiger partial charge < -0.3 is 15.0 Å². The van der Waals surface area contributed by atoms with Crippen molar-refractivity contribution in [3.63, 3.8) is 0 Å². The summed E-state index contributed by atoms with van der Waals surface area (Å²) in [6.07, 6.45) is 0. The molecule has 0 saturated carbocycles. The number of carbonyl (C=O) groups is 1. The molecule has 0 aliphatic carbocycles. The van der Waals surface area contributed by atoms with Crippen molar-refractivity contribution in [3.8, 4) is 5.75 Å². The monoisotopic (exact) mass is 350 g/mol. The van der Waals surface area contributed by atoms with E-state index in [9.17, 15) is 9.18 Å². The molecule has 2 rings (SSSR count). The molecular formula is C18H20ClFN2O2. The molecule has 1 unspecified atom stereocenters. The van der Waals surface area contributed by atoms with Crippen molar-refractivity contribution in [2.75, 3.05) is 19.5 Å². The summed E-state index contributed by atoms with van der Waals surface area (Å²) in [4.78, 5) is 14.0. The van der Waals surface area contributed by atoms with Gasteiger partial charge in [0.2, 0.25) is 5.91 Å². The molecule has 4 nitrogen and oxygen atoms in total. The normalized spacial score (nSPS) is 11.7. The number of rotatable bonds is 6. The molecule has 0 heterocycles. The molecule has 2 aromatic rings. The van der Waals surface area contributed by atoms with Crippen LogP contribution >= 0.6 is 11.6 Å².